The van der Waals surface area contributed by atoms with E-state index in [9.17, 15) is 13.2 Å². The van der Waals surface area contributed by atoms with Gasteiger partial charge in [-0.2, -0.15) is 13.2 Å². The number of halogens is 3. The van der Waals surface area contributed by atoms with Gasteiger partial charge >= 0.3 is 6.18 Å². The predicted molar refractivity (Wildman–Crippen MR) is 63.6 cm³/mol. The third-order valence-corrected chi connectivity index (χ3v) is 3.98. The zero-order valence-electron chi connectivity index (χ0n) is 10.2. The highest BCUT2D eigenvalue weighted by atomic mass is 32.1. The molecule has 2 rings (SSSR count). The quantitative estimate of drug-likeness (QED) is 0.902. The number of piperidine rings is 1. The van der Waals surface area contributed by atoms with Crippen molar-refractivity contribution >= 4 is 16.5 Å². The van der Waals surface area contributed by atoms with Crippen LogP contribution in [0.2, 0.25) is 0 Å². The lowest BCUT2D eigenvalue weighted by Gasteiger charge is -2.34. The van der Waals surface area contributed by atoms with Gasteiger partial charge in [0, 0.05) is 12.6 Å². The van der Waals surface area contributed by atoms with E-state index in [2.05, 4.69) is 27.3 Å². The van der Waals surface area contributed by atoms with Crippen molar-refractivity contribution in [1.29, 1.82) is 0 Å². The fourth-order valence-corrected chi connectivity index (χ4v) is 2.80. The second kappa shape index (κ2) is 5.00. The van der Waals surface area contributed by atoms with Crippen molar-refractivity contribution in [3.05, 3.63) is 5.01 Å². The molecule has 2 atom stereocenters. The Morgan fingerprint density at radius 1 is 1.39 bits per heavy atom. The fraction of sp³-hybridized carbons (Fsp3) is 0.800. The molecule has 1 fully saturated rings. The van der Waals surface area contributed by atoms with E-state index in [1.807, 2.05) is 7.05 Å². The summed E-state index contributed by atoms with van der Waals surface area (Å²) in [5.74, 6) is 0.377. The lowest BCUT2D eigenvalue weighted by Crippen LogP contribution is -2.43. The molecule has 8 heteroatoms. The van der Waals surface area contributed by atoms with Crippen LogP contribution in [0.1, 0.15) is 18.4 Å². The van der Waals surface area contributed by atoms with Gasteiger partial charge in [-0.1, -0.05) is 18.3 Å². The van der Waals surface area contributed by atoms with Crippen molar-refractivity contribution in [2.75, 3.05) is 25.5 Å². The zero-order chi connectivity index (χ0) is 13.3. The maximum absolute atomic E-state index is 12.4. The van der Waals surface area contributed by atoms with E-state index in [0.717, 1.165) is 19.5 Å². The van der Waals surface area contributed by atoms with Crippen LogP contribution in [0.4, 0.5) is 18.3 Å². The monoisotopic (exact) mass is 280 g/mol. The molecule has 1 aromatic rings. The highest BCUT2D eigenvalue weighted by Gasteiger charge is 2.36. The van der Waals surface area contributed by atoms with E-state index in [1.54, 1.807) is 0 Å². The van der Waals surface area contributed by atoms with Crippen LogP contribution in [0.5, 0.6) is 0 Å². The average molecular weight is 280 g/mol. The number of rotatable bonds is 2. The van der Waals surface area contributed by atoms with Gasteiger partial charge < -0.3 is 10.2 Å². The van der Waals surface area contributed by atoms with Gasteiger partial charge in [0.25, 0.3) is 0 Å². The topological polar surface area (TPSA) is 41.0 Å². The lowest BCUT2D eigenvalue weighted by molar-refractivity contribution is -0.138. The smallest absolute Gasteiger partial charge is 0.357 e. The minimum Gasteiger partial charge on any atom is -0.357 e. The molecule has 0 radical (unpaired) electrons. The number of aromatic nitrogens is 2. The van der Waals surface area contributed by atoms with Crippen LogP contribution in [0.15, 0.2) is 0 Å². The summed E-state index contributed by atoms with van der Waals surface area (Å²) in [4.78, 5) is 2.21. The molecule has 1 aromatic heterocycles. The predicted octanol–water partition coefficient (Wildman–Crippen LogP) is 2.31. The van der Waals surface area contributed by atoms with Gasteiger partial charge in [0.2, 0.25) is 10.1 Å². The molecule has 1 saturated heterocycles. The molecule has 0 bridgehead atoms. The first kappa shape index (κ1) is 13.5. The van der Waals surface area contributed by atoms with Gasteiger partial charge in [-0.25, -0.2) is 0 Å². The number of likely N-dealkylation sites (tertiary alicyclic amines) is 1. The Balaban J connectivity index is 1.99. The summed E-state index contributed by atoms with van der Waals surface area (Å²) in [7, 11) is 2.04. The van der Waals surface area contributed by atoms with E-state index in [1.165, 1.54) is 0 Å². The van der Waals surface area contributed by atoms with Gasteiger partial charge in [0.1, 0.15) is 0 Å². The van der Waals surface area contributed by atoms with Crippen LogP contribution >= 0.6 is 11.3 Å². The van der Waals surface area contributed by atoms with E-state index in [0.29, 0.717) is 17.3 Å². The molecule has 2 heterocycles. The highest BCUT2D eigenvalue weighted by molar-refractivity contribution is 7.15. The third-order valence-electron chi connectivity index (χ3n) is 3.08. The van der Waals surface area contributed by atoms with Crippen molar-refractivity contribution in [2.24, 2.45) is 5.92 Å². The molecule has 18 heavy (non-hydrogen) atoms. The first-order valence-electron chi connectivity index (χ1n) is 5.72. The molecule has 1 aliphatic heterocycles. The lowest BCUT2D eigenvalue weighted by atomic mass is 9.94. The number of alkyl halides is 3. The molecule has 1 N–H and O–H groups in total. The van der Waals surface area contributed by atoms with Crippen molar-refractivity contribution in [2.45, 2.75) is 25.6 Å². The van der Waals surface area contributed by atoms with Crippen LogP contribution in [-0.2, 0) is 6.18 Å². The summed E-state index contributed by atoms with van der Waals surface area (Å²) in [6.45, 7) is 3.95. The minimum atomic E-state index is -4.41. The molecular weight excluding hydrogens is 265 g/mol. The first-order valence-corrected chi connectivity index (χ1v) is 6.53. The molecule has 4 nitrogen and oxygen atoms in total. The third kappa shape index (κ3) is 3.11. The second-order valence-electron chi connectivity index (χ2n) is 4.69. The molecule has 0 aromatic carbocycles. The van der Waals surface area contributed by atoms with E-state index < -0.39 is 11.2 Å². The number of hydrogen-bond acceptors (Lipinski definition) is 5. The summed E-state index contributed by atoms with van der Waals surface area (Å²) < 4.78 is 37.1. The van der Waals surface area contributed by atoms with Gasteiger partial charge in [-0.15, -0.1) is 10.2 Å². The summed E-state index contributed by atoms with van der Waals surface area (Å²) in [6.07, 6.45) is -3.51. The van der Waals surface area contributed by atoms with Crippen LogP contribution in [-0.4, -0.2) is 41.3 Å². The molecule has 2 unspecified atom stereocenters. The number of hydrogen-bond donors (Lipinski definition) is 1. The normalized spacial score (nSPS) is 26.3. The van der Waals surface area contributed by atoms with Crippen LogP contribution in [0.3, 0.4) is 0 Å². The van der Waals surface area contributed by atoms with Crippen molar-refractivity contribution in [3.8, 4) is 0 Å². The Bertz CT molecular complexity index is 406. The van der Waals surface area contributed by atoms with Crippen molar-refractivity contribution in [1.82, 2.24) is 15.1 Å². The number of anilines is 1. The molecular formula is C10H15F3N4S. The molecule has 0 amide bonds. The molecule has 102 valence electrons. The largest absolute Gasteiger partial charge is 0.445 e. The number of nitrogens with zero attached hydrogens (tertiary/aromatic N) is 3. The summed E-state index contributed by atoms with van der Waals surface area (Å²) in [6, 6.07) is 0.162. The molecule has 0 aliphatic carbocycles. The fourth-order valence-electron chi connectivity index (χ4n) is 2.12. The van der Waals surface area contributed by atoms with Crippen molar-refractivity contribution in [3.63, 3.8) is 0 Å². The SMILES string of the molecule is CC1CN(C)CCC1Nc1nnc(C(F)(F)F)s1. The zero-order valence-corrected chi connectivity index (χ0v) is 11.0. The summed E-state index contributed by atoms with van der Waals surface area (Å²) in [5.41, 5.74) is 0. The molecule has 0 saturated carbocycles. The van der Waals surface area contributed by atoms with Crippen LogP contribution < -0.4 is 5.32 Å². The van der Waals surface area contributed by atoms with E-state index >= 15 is 0 Å². The minimum absolute atomic E-state index is 0.162. The second-order valence-corrected chi connectivity index (χ2v) is 5.67. The average Bonchev–Trinajstić information content (AvgIpc) is 2.70. The van der Waals surface area contributed by atoms with Gasteiger partial charge in [-0.05, 0) is 25.9 Å². The Kier molecular flexibility index (Phi) is 3.76. The standard InChI is InChI=1S/C10H15F3N4S/c1-6-5-17(2)4-3-7(6)14-9-16-15-8(18-9)10(11,12)13/h6-7H,3-5H2,1-2H3,(H,14,16). The van der Waals surface area contributed by atoms with Gasteiger partial charge in [0.15, 0.2) is 0 Å². The van der Waals surface area contributed by atoms with Gasteiger partial charge in [0.05, 0.1) is 0 Å². The first-order chi connectivity index (χ1) is 8.36. The van der Waals surface area contributed by atoms with Crippen molar-refractivity contribution < 1.29 is 13.2 Å². The maximum Gasteiger partial charge on any atom is 0.445 e. The van der Waals surface area contributed by atoms with Gasteiger partial charge in [-0.3, -0.25) is 0 Å². The summed E-state index contributed by atoms with van der Waals surface area (Å²) >= 11 is 0.564. The van der Waals surface area contributed by atoms with Crippen LogP contribution in [0, 0.1) is 5.92 Å². The Labute approximate surface area is 107 Å². The van der Waals surface area contributed by atoms with E-state index in [4.69, 9.17) is 0 Å². The Hall–Kier alpha value is -0.890. The van der Waals surface area contributed by atoms with E-state index in [-0.39, 0.29) is 11.2 Å². The van der Waals surface area contributed by atoms with Crippen LogP contribution in [0.25, 0.3) is 0 Å². The molecule has 0 spiro atoms. The Morgan fingerprint density at radius 3 is 2.67 bits per heavy atom. The highest BCUT2D eigenvalue weighted by Crippen LogP contribution is 2.33. The maximum atomic E-state index is 12.4. The summed E-state index contributed by atoms with van der Waals surface area (Å²) in [5, 5.41) is 9.14. The molecule has 1 aliphatic rings. The Morgan fingerprint density at radius 2 is 2.11 bits per heavy atom. The number of nitrogens with one attached hydrogen (secondary N) is 1.